The molecule has 2 amide bonds. The van der Waals surface area contributed by atoms with Crippen molar-refractivity contribution in [1.82, 2.24) is 15.5 Å². The number of amides is 2. The van der Waals surface area contributed by atoms with Crippen LogP contribution in [0.25, 0.3) is 0 Å². The molecule has 7 heteroatoms. The second-order valence-electron chi connectivity index (χ2n) is 6.60. The summed E-state index contributed by atoms with van der Waals surface area (Å²) in [6.45, 7) is 5.71. The summed E-state index contributed by atoms with van der Waals surface area (Å²) < 4.78 is 10.4. The third kappa shape index (κ3) is 5.67. The molecule has 1 fully saturated rings. The van der Waals surface area contributed by atoms with Crippen LogP contribution >= 0.6 is 0 Å². The van der Waals surface area contributed by atoms with E-state index in [4.69, 9.17) is 9.15 Å². The van der Waals surface area contributed by atoms with Gasteiger partial charge in [-0.25, -0.2) is 0 Å². The van der Waals surface area contributed by atoms with Gasteiger partial charge in [-0.2, -0.15) is 0 Å². The largest absolute Gasteiger partial charge is 0.459 e. The number of benzene rings is 1. The van der Waals surface area contributed by atoms with Crippen molar-refractivity contribution < 1.29 is 18.7 Å². The highest BCUT2D eigenvalue weighted by molar-refractivity contribution is 5.94. The fraction of sp³-hybridized carbons (Fsp3) is 0.400. The first-order valence-corrected chi connectivity index (χ1v) is 9.09. The first-order chi connectivity index (χ1) is 13.1. The number of carbonyl (C=O) groups excluding carboxylic acids is 2. The predicted octanol–water partition coefficient (Wildman–Crippen LogP) is 1.51. The number of nitrogens with zero attached hydrogens (tertiary/aromatic N) is 1. The normalized spacial score (nSPS) is 15.9. The van der Waals surface area contributed by atoms with E-state index in [1.807, 2.05) is 31.2 Å². The van der Waals surface area contributed by atoms with E-state index >= 15 is 0 Å². The lowest BCUT2D eigenvalue weighted by Gasteiger charge is -2.31. The van der Waals surface area contributed by atoms with Crippen molar-refractivity contribution in [3.05, 3.63) is 59.5 Å². The molecular weight excluding hydrogens is 346 g/mol. The summed E-state index contributed by atoms with van der Waals surface area (Å²) in [5, 5.41) is 5.61. The first kappa shape index (κ1) is 19.1. The van der Waals surface area contributed by atoms with Crippen molar-refractivity contribution in [3.63, 3.8) is 0 Å². The van der Waals surface area contributed by atoms with Crippen LogP contribution in [0.2, 0.25) is 0 Å². The van der Waals surface area contributed by atoms with Crippen molar-refractivity contribution in [3.8, 4) is 0 Å². The molecule has 2 N–H and O–H groups in total. The number of hydrogen-bond donors (Lipinski definition) is 2. The van der Waals surface area contributed by atoms with Gasteiger partial charge in [0.25, 0.3) is 5.91 Å². The van der Waals surface area contributed by atoms with Gasteiger partial charge >= 0.3 is 0 Å². The summed E-state index contributed by atoms with van der Waals surface area (Å²) in [5.74, 6) is -0.463. The molecule has 1 aliphatic rings. The van der Waals surface area contributed by atoms with Gasteiger partial charge in [0.05, 0.1) is 32.1 Å². The van der Waals surface area contributed by atoms with E-state index in [-0.39, 0.29) is 24.3 Å². The quantitative estimate of drug-likeness (QED) is 0.771. The van der Waals surface area contributed by atoms with Crippen LogP contribution in [-0.2, 0) is 9.53 Å². The first-order valence-electron chi connectivity index (χ1n) is 9.09. The lowest BCUT2D eigenvalue weighted by molar-refractivity contribution is -0.121. The topological polar surface area (TPSA) is 83.8 Å². The molecule has 0 spiro atoms. The van der Waals surface area contributed by atoms with Crippen LogP contribution in [0.5, 0.6) is 0 Å². The Balaban J connectivity index is 1.60. The number of carbonyl (C=O) groups is 2. The van der Waals surface area contributed by atoms with E-state index in [0.29, 0.717) is 19.8 Å². The van der Waals surface area contributed by atoms with Crippen LogP contribution in [0.1, 0.15) is 27.7 Å². The van der Waals surface area contributed by atoms with Gasteiger partial charge in [0.15, 0.2) is 5.76 Å². The molecule has 2 aromatic rings. The number of rotatable bonds is 7. The third-order valence-corrected chi connectivity index (χ3v) is 4.51. The van der Waals surface area contributed by atoms with E-state index in [0.717, 1.165) is 18.7 Å². The van der Waals surface area contributed by atoms with Crippen LogP contribution in [0.4, 0.5) is 0 Å². The summed E-state index contributed by atoms with van der Waals surface area (Å²) >= 11 is 0. The Bertz CT molecular complexity index is 737. The Morgan fingerprint density at radius 2 is 1.89 bits per heavy atom. The minimum absolute atomic E-state index is 0.106. The standard InChI is InChI=1S/C20H25N3O4/c1-15-4-6-16(7-5-15)17(14-23-8-11-26-12-9-23)22-19(24)13-21-20(25)18-3-2-10-27-18/h2-7,10,17H,8-9,11-14H2,1H3,(H,21,25)(H,22,24)/t17-/m1/s1. The average molecular weight is 371 g/mol. The number of morpholine rings is 1. The molecule has 1 aliphatic heterocycles. The molecule has 3 rings (SSSR count). The van der Waals surface area contributed by atoms with Gasteiger partial charge in [-0.05, 0) is 24.6 Å². The number of nitrogens with one attached hydrogen (secondary N) is 2. The van der Waals surface area contributed by atoms with Crippen LogP contribution in [0.15, 0.2) is 47.1 Å². The molecule has 1 atom stereocenters. The molecule has 144 valence electrons. The molecular formula is C20H25N3O4. The predicted molar refractivity (Wildman–Crippen MR) is 100 cm³/mol. The summed E-state index contributed by atoms with van der Waals surface area (Å²) in [6, 6.07) is 11.2. The van der Waals surface area contributed by atoms with Gasteiger partial charge in [0.1, 0.15) is 0 Å². The maximum atomic E-state index is 12.4. The Kier molecular flexibility index (Phi) is 6.62. The smallest absolute Gasteiger partial charge is 0.287 e. The van der Waals surface area contributed by atoms with E-state index in [1.165, 1.54) is 11.8 Å². The van der Waals surface area contributed by atoms with Crippen molar-refractivity contribution in [2.45, 2.75) is 13.0 Å². The molecule has 0 bridgehead atoms. The molecule has 7 nitrogen and oxygen atoms in total. The fourth-order valence-electron chi connectivity index (χ4n) is 2.98. The van der Waals surface area contributed by atoms with Crippen LogP contribution in [-0.4, -0.2) is 56.1 Å². The van der Waals surface area contributed by atoms with E-state index in [2.05, 4.69) is 15.5 Å². The molecule has 2 heterocycles. The van der Waals surface area contributed by atoms with E-state index in [9.17, 15) is 9.59 Å². The van der Waals surface area contributed by atoms with Crippen molar-refractivity contribution >= 4 is 11.8 Å². The highest BCUT2D eigenvalue weighted by Gasteiger charge is 2.20. The highest BCUT2D eigenvalue weighted by Crippen LogP contribution is 2.16. The van der Waals surface area contributed by atoms with Crippen molar-refractivity contribution in [2.75, 3.05) is 39.4 Å². The molecule has 1 saturated heterocycles. The Morgan fingerprint density at radius 1 is 1.15 bits per heavy atom. The van der Waals surface area contributed by atoms with Crippen molar-refractivity contribution in [1.29, 1.82) is 0 Å². The fourth-order valence-corrected chi connectivity index (χ4v) is 2.98. The minimum atomic E-state index is -0.407. The summed E-state index contributed by atoms with van der Waals surface area (Å²) in [7, 11) is 0. The number of aryl methyl sites for hydroxylation is 1. The van der Waals surface area contributed by atoms with Gasteiger partial charge in [0.2, 0.25) is 5.91 Å². The van der Waals surface area contributed by atoms with Crippen LogP contribution in [0, 0.1) is 6.92 Å². The average Bonchev–Trinajstić information content (AvgIpc) is 3.22. The SMILES string of the molecule is Cc1ccc([C@@H](CN2CCOCC2)NC(=O)CNC(=O)c2ccco2)cc1. The monoisotopic (exact) mass is 371 g/mol. The van der Waals surface area contributed by atoms with Crippen LogP contribution in [0.3, 0.4) is 0 Å². The summed E-state index contributed by atoms with van der Waals surface area (Å²) in [5.41, 5.74) is 2.21. The van der Waals surface area contributed by atoms with Gasteiger partial charge < -0.3 is 19.8 Å². The number of furan rings is 1. The number of ether oxygens (including phenoxy) is 1. The minimum Gasteiger partial charge on any atom is -0.459 e. The zero-order valence-corrected chi connectivity index (χ0v) is 15.4. The molecule has 0 saturated carbocycles. The summed E-state index contributed by atoms with van der Waals surface area (Å²) in [4.78, 5) is 26.6. The lowest BCUT2D eigenvalue weighted by atomic mass is 10.0. The Morgan fingerprint density at radius 3 is 2.56 bits per heavy atom. The molecule has 0 radical (unpaired) electrons. The Hall–Kier alpha value is -2.64. The van der Waals surface area contributed by atoms with Gasteiger partial charge in [-0.15, -0.1) is 0 Å². The zero-order valence-electron chi connectivity index (χ0n) is 15.4. The Labute approximate surface area is 158 Å². The number of hydrogen-bond acceptors (Lipinski definition) is 5. The highest BCUT2D eigenvalue weighted by atomic mass is 16.5. The third-order valence-electron chi connectivity index (χ3n) is 4.51. The maximum Gasteiger partial charge on any atom is 0.287 e. The molecule has 27 heavy (non-hydrogen) atoms. The maximum absolute atomic E-state index is 12.4. The molecule has 0 aliphatic carbocycles. The van der Waals surface area contributed by atoms with Crippen LogP contribution < -0.4 is 10.6 Å². The van der Waals surface area contributed by atoms with Gasteiger partial charge in [-0.3, -0.25) is 14.5 Å². The second-order valence-corrected chi connectivity index (χ2v) is 6.60. The van der Waals surface area contributed by atoms with E-state index < -0.39 is 5.91 Å². The van der Waals surface area contributed by atoms with Crippen molar-refractivity contribution in [2.24, 2.45) is 0 Å². The summed E-state index contributed by atoms with van der Waals surface area (Å²) in [6.07, 6.45) is 1.42. The second kappa shape index (κ2) is 9.34. The molecule has 1 aromatic heterocycles. The molecule has 0 unspecified atom stereocenters. The van der Waals surface area contributed by atoms with E-state index in [1.54, 1.807) is 12.1 Å². The molecule has 1 aromatic carbocycles. The lowest BCUT2D eigenvalue weighted by Crippen LogP contribution is -2.45. The van der Waals surface area contributed by atoms with Gasteiger partial charge in [0, 0.05) is 19.6 Å². The zero-order chi connectivity index (χ0) is 19.1. The van der Waals surface area contributed by atoms with Gasteiger partial charge in [-0.1, -0.05) is 29.8 Å².